The Labute approximate surface area is 187 Å². The molecule has 4 rings (SSSR count). The van der Waals surface area contributed by atoms with Gasteiger partial charge in [-0.2, -0.15) is 0 Å². The molecule has 4 bridgehead atoms. The molecule has 2 atom stereocenters. The molecule has 1 fully saturated rings. The molecule has 0 amide bonds. The zero-order valence-electron chi connectivity index (χ0n) is 14.5. The molecular weight excluding hydrogens is 592 g/mol. The second-order valence-electron chi connectivity index (χ2n) is 6.92. The minimum absolute atomic E-state index is 0.271. The summed E-state index contributed by atoms with van der Waals surface area (Å²) in [6.07, 6.45) is 3.98. The number of fused-ring (bicyclic) bond motifs is 7. The summed E-state index contributed by atoms with van der Waals surface area (Å²) in [5.74, 6) is 1.79. The fourth-order valence-corrected chi connectivity index (χ4v) is 7.29. The van der Waals surface area contributed by atoms with Gasteiger partial charge < -0.3 is 9.47 Å². The van der Waals surface area contributed by atoms with Crippen LogP contribution in [0.15, 0.2) is 33.2 Å². The van der Waals surface area contributed by atoms with Crippen molar-refractivity contribution in [1.82, 2.24) is 0 Å². The van der Waals surface area contributed by atoms with Crippen molar-refractivity contribution in [1.29, 1.82) is 0 Å². The summed E-state index contributed by atoms with van der Waals surface area (Å²) in [4.78, 5) is 0. The Hall–Kier alpha value is -0.0400. The maximum atomic E-state index is 5.78. The van der Waals surface area contributed by atoms with Crippen molar-refractivity contribution in [3.8, 4) is 11.5 Å². The maximum Gasteiger partial charge on any atom is 0.137 e. The highest BCUT2D eigenvalue weighted by molar-refractivity contribution is 9.12. The summed E-state index contributed by atoms with van der Waals surface area (Å²) in [6, 6.07) is 8.94. The van der Waals surface area contributed by atoms with Crippen LogP contribution in [0.5, 0.6) is 11.5 Å². The average Bonchev–Trinajstić information content (AvgIpc) is 2.62. The Balaban J connectivity index is 2.03. The fourth-order valence-electron chi connectivity index (χ4n) is 4.14. The van der Waals surface area contributed by atoms with E-state index in [1.165, 1.54) is 22.3 Å². The molecule has 0 N–H and O–H groups in total. The summed E-state index contributed by atoms with van der Waals surface area (Å²) in [5.41, 5.74) is 4.98. The van der Waals surface area contributed by atoms with Gasteiger partial charge in [-0.25, -0.2) is 0 Å². The molecule has 2 aliphatic rings. The molecule has 2 aromatic rings. The van der Waals surface area contributed by atoms with Crippen LogP contribution < -0.4 is 9.47 Å². The van der Waals surface area contributed by atoms with Gasteiger partial charge in [-0.05, 0) is 80.8 Å². The molecule has 0 heterocycles. The predicted molar refractivity (Wildman–Crippen MR) is 119 cm³/mol. The molecule has 2 aromatic carbocycles. The van der Waals surface area contributed by atoms with E-state index >= 15 is 0 Å². The normalized spacial score (nSPS) is 26.5. The predicted octanol–water partition coefficient (Wildman–Crippen LogP) is 7.00. The number of benzene rings is 2. The Morgan fingerprint density at radius 2 is 1.12 bits per heavy atom. The number of ether oxygens (including phenoxy) is 2. The largest absolute Gasteiger partial charge is 0.495 e. The first-order valence-electron chi connectivity index (χ1n) is 8.45. The number of aryl methyl sites for hydroxylation is 2. The molecule has 26 heavy (non-hydrogen) atoms. The van der Waals surface area contributed by atoms with Crippen LogP contribution in [-0.4, -0.2) is 14.2 Å². The van der Waals surface area contributed by atoms with Gasteiger partial charge in [0.15, 0.2) is 0 Å². The number of hydrogen-bond donors (Lipinski definition) is 0. The van der Waals surface area contributed by atoms with Crippen molar-refractivity contribution in [2.75, 3.05) is 14.2 Å². The van der Waals surface area contributed by atoms with E-state index in [4.69, 9.17) is 9.47 Å². The van der Waals surface area contributed by atoms with Crippen LogP contribution in [0.2, 0.25) is 0 Å². The van der Waals surface area contributed by atoms with E-state index in [0.29, 0.717) is 0 Å². The molecule has 2 aliphatic carbocycles. The third-order valence-corrected chi connectivity index (χ3v) is 10.3. The highest BCUT2D eigenvalue weighted by Gasteiger charge is 2.60. The zero-order valence-corrected chi connectivity index (χ0v) is 20.8. The molecule has 2 nitrogen and oxygen atoms in total. The molecule has 0 spiro atoms. The minimum Gasteiger partial charge on any atom is -0.495 e. The summed E-state index contributed by atoms with van der Waals surface area (Å²) in [7, 11) is 3.47. The number of rotatable bonds is 2. The topological polar surface area (TPSA) is 18.5 Å². The maximum absolute atomic E-state index is 5.78. The van der Waals surface area contributed by atoms with Crippen LogP contribution in [0.4, 0.5) is 0 Å². The first-order valence-corrected chi connectivity index (χ1v) is 11.6. The SMILES string of the molecule is COc1c(Br)cc2cc1C1(Br)CCC1(Br)c1cc(cc(Br)c1OC)CC2. The van der Waals surface area contributed by atoms with Crippen molar-refractivity contribution in [3.05, 3.63) is 55.5 Å². The van der Waals surface area contributed by atoms with E-state index in [0.717, 1.165) is 46.1 Å². The van der Waals surface area contributed by atoms with Crippen molar-refractivity contribution >= 4 is 63.7 Å². The van der Waals surface area contributed by atoms with Gasteiger partial charge in [0.2, 0.25) is 0 Å². The number of alkyl halides is 2. The van der Waals surface area contributed by atoms with Gasteiger partial charge in [-0.15, -0.1) is 0 Å². The molecule has 138 valence electrons. The number of methoxy groups -OCH3 is 2. The Morgan fingerprint density at radius 3 is 1.42 bits per heavy atom. The van der Waals surface area contributed by atoms with Gasteiger partial charge >= 0.3 is 0 Å². The van der Waals surface area contributed by atoms with Gasteiger partial charge in [-0.1, -0.05) is 44.0 Å². The van der Waals surface area contributed by atoms with Gasteiger partial charge in [0.25, 0.3) is 0 Å². The second kappa shape index (κ2) is 6.78. The van der Waals surface area contributed by atoms with Crippen molar-refractivity contribution < 1.29 is 9.47 Å². The first-order chi connectivity index (χ1) is 12.3. The number of hydrogen-bond acceptors (Lipinski definition) is 2. The van der Waals surface area contributed by atoms with Crippen LogP contribution in [0.3, 0.4) is 0 Å². The molecule has 0 aromatic heterocycles. The van der Waals surface area contributed by atoms with E-state index in [1.807, 2.05) is 0 Å². The van der Waals surface area contributed by atoms with Crippen LogP contribution in [0.25, 0.3) is 0 Å². The number of halogens is 4. The summed E-state index contributed by atoms with van der Waals surface area (Å²) < 4.78 is 13.0. The van der Waals surface area contributed by atoms with Gasteiger partial charge in [0, 0.05) is 11.1 Å². The lowest BCUT2D eigenvalue weighted by Crippen LogP contribution is -2.50. The molecule has 6 heteroatoms. The lowest BCUT2D eigenvalue weighted by Gasteiger charge is -2.54. The van der Waals surface area contributed by atoms with Crippen LogP contribution in [0.1, 0.15) is 35.1 Å². The standard InChI is InChI=1S/C20H18Br4O2/c1-25-17-13-7-11(9-15(17)21)3-4-12-8-14(18(26-2)16(22)10-12)20(24)6-5-19(13,20)23/h7-10H,3-6H2,1-2H3. The van der Waals surface area contributed by atoms with Crippen LogP contribution >= 0.6 is 63.7 Å². The van der Waals surface area contributed by atoms with E-state index in [-0.39, 0.29) is 8.65 Å². The molecule has 2 unspecified atom stereocenters. The van der Waals surface area contributed by atoms with Gasteiger partial charge in [-0.3, -0.25) is 0 Å². The second-order valence-corrected chi connectivity index (χ2v) is 11.3. The Kier molecular flexibility index (Phi) is 5.03. The lowest BCUT2D eigenvalue weighted by atomic mass is 9.65. The lowest BCUT2D eigenvalue weighted by molar-refractivity contribution is 0.262. The van der Waals surface area contributed by atoms with Gasteiger partial charge in [0.05, 0.1) is 31.8 Å². The van der Waals surface area contributed by atoms with Crippen molar-refractivity contribution in [3.63, 3.8) is 0 Å². The van der Waals surface area contributed by atoms with Gasteiger partial charge in [0.1, 0.15) is 11.5 Å². The summed E-state index contributed by atoms with van der Waals surface area (Å²) >= 11 is 15.7. The van der Waals surface area contributed by atoms with Crippen molar-refractivity contribution in [2.24, 2.45) is 0 Å². The van der Waals surface area contributed by atoms with Crippen LogP contribution in [0, 0.1) is 0 Å². The molecule has 0 radical (unpaired) electrons. The quantitative estimate of drug-likeness (QED) is 0.342. The monoisotopic (exact) mass is 606 g/mol. The molecular formula is C20H18Br4O2. The highest BCUT2D eigenvalue weighted by Crippen LogP contribution is 2.69. The summed E-state index contributed by atoms with van der Waals surface area (Å²) in [5, 5.41) is 0. The fraction of sp³-hybridized carbons (Fsp3) is 0.400. The molecule has 0 aliphatic heterocycles. The van der Waals surface area contributed by atoms with Crippen LogP contribution in [-0.2, 0) is 21.5 Å². The third kappa shape index (κ3) is 2.66. The van der Waals surface area contributed by atoms with E-state index in [1.54, 1.807) is 14.2 Å². The summed E-state index contributed by atoms with van der Waals surface area (Å²) in [6.45, 7) is 0. The van der Waals surface area contributed by atoms with E-state index in [9.17, 15) is 0 Å². The third-order valence-electron chi connectivity index (χ3n) is 5.61. The minimum atomic E-state index is -0.271. The molecule has 0 saturated heterocycles. The smallest absolute Gasteiger partial charge is 0.137 e. The first kappa shape index (κ1) is 19.3. The average molecular weight is 610 g/mol. The Bertz CT molecular complexity index is 824. The Morgan fingerprint density at radius 1 is 0.731 bits per heavy atom. The van der Waals surface area contributed by atoms with Crippen molar-refractivity contribution in [2.45, 2.75) is 34.3 Å². The highest BCUT2D eigenvalue weighted by atomic mass is 79.9. The van der Waals surface area contributed by atoms with E-state index < -0.39 is 0 Å². The zero-order chi connectivity index (χ0) is 18.7. The van der Waals surface area contributed by atoms with E-state index in [2.05, 4.69) is 88.0 Å². The molecule has 1 saturated carbocycles.